The topological polar surface area (TPSA) is 58.2 Å². The number of thioether (sulfide) groups is 1. The van der Waals surface area contributed by atoms with E-state index in [-0.39, 0.29) is 6.04 Å². The van der Waals surface area contributed by atoms with Gasteiger partial charge in [-0.2, -0.15) is 11.8 Å². The minimum atomic E-state index is -3.37. The lowest BCUT2D eigenvalue weighted by Gasteiger charge is -2.11. The predicted molar refractivity (Wildman–Crippen MR) is 84.5 cm³/mol. The monoisotopic (exact) mass is 322 g/mol. The first-order valence-corrected chi connectivity index (χ1v) is 9.88. The SMILES string of the molecule is CSCC(C)NS(=O)(=O)c1ccc(CNC(C)C)s1. The molecule has 0 aromatic carbocycles. The Hall–Kier alpha value is -0.0800. The molecule has 2 N–H and O–H groups in total. The van der Waals surface area contributed by atoms with Gasteiger partial charge in [-0.3, -0.25) is 0 Å². The third-order valence-corrected chi connectivity index (χ3v) is 6.36. The molecule has 1 aromatic rings. The Morgan fingerprint density at radius 1 is 1.32 bits per heavy atom. The van der Waals surface area contributed by atoms with E-state index in [4.69, 9.17) is 0 Å². The quantitative estimate of drug-likeness (QED) is 0.771. The van der Waals surface area contributed by atoms with Gasteiger partial charge in [0.05, 0.1) is 0 Å². The van der Waals surface area contributed by atoms with Crippen LogP contribution < -0.4 is 10.0 Å². The lowest BCUT2D eigenvalue weighted by Crippen LogP contribution is -2.33. The standard InChI is InChI=1S/C12H22N2O2S3/c1-9(2)13-7-11-5-6-12(18-11)19(15,16)14-10(3)8-17-4/h5-6,9-10,13-14H,7-8H2,1-4H3. The van der Waals surface area contributed by atoms with E-state index in [0.29, 0.717) is 16.8 Å². The molecule has 7 heteroatoms. The number of thiophene rings is 1. The molecule has 19 heavy (non-hydrogen) atoms. The predicted octanol–water partition coefficient (Wildman–Crippen LogP) is 2.28. The van der Waals surface area contributed by atoms with Crippen LogP contribution in [-0.2, 0) is 16.6 Å². The molecule has 1 unspecified atom stereocenters. The van der Waals surface area contributed by atoms with Crippen LogP contribution in [0.4, 0.5) is 0 Å². The molecule has 110 valence electrons. The summed E-state index contributed by atoms with van der Waals surface area (Å²) in [6, 6.07) is 3.88. The molecule has 1 aromatic heterocycles. The summed E-state index contributed by atoms with van der Waals surface area (Å²) in [5.41, 5.74) is 0. The van der Waals surface area contributed by atoms with Crippen LogP contribution >= 0.6 is 23.1 Å². The summed E-state index contributed by atoms with van der Waals surface area (Å²) in [6.07, 6.45) is 1.96. The van der Waals surface area contributed by atoms with Crippen LogP contribution in [0.2, 0.25) is 0 Å². The third-order valence-electron chi connectivity index (χ3n) is 2.36. The van der Waals surface area contributed by atoms with Gasteiger partial charge in [-0.25, -0.2) is 13.1 Å². The van der Waals surface area contributed by atoms with Gasteiger partial charge in [-0.05, 0) is 25.3 Å². The van der Waals surface area contributed by atoms with Crippen molar-refractivity contribution in [3.05, 3.63) is 17.0 Å². The molecule has 0 saturated heterocycles. The first-order chi connectivity index (χ1) is 8.85. The molecule has 4 nitrogen and oxygen atoms in total. The van der Waals surface area contributed by atoms with E-state index in [2.05, 4.69) is 23.9 Å². The Kier molecular flexibility index (Phi) is 6.82. The van der Waals surface area contributed by atoms with Gasteiger partial charge in [0.2, 0.25) is 10.0 Å². The highest BCUT2D eigenvalue weighted by Gasteiger charge is 2.19. The summed E-state index contributed by atoms with van der Waals surface area (Å²) in [5, 5.41) is 3.28. The van der Waals surface area contributed by atoms with Crippen LogP contribution in [-0.4, -0.2) is 32.5 Å². The van der Waals surface area contributed by atoms with Gasteiger partial charge in [0.1, 0.15) is 4.21 Å². The molecule has 0 aliphatic carbocycles. The van der Waals surface area contributed by atoms with Crippen molar-refractivity contribution in [2.75, 3.05) is 12.0 Å². The normalized spacial score (nSPS) is 13.9. The molecular formula is C12H22N2O2S3. The third kappa shape index (κ3) is 5.83. The molecule has 1 rings (SSSR count). The summed E-state index contributed by atoms with van der Waals surface area (Å²) in [5.74, 6) is 0.770. The number of nitrogens with one attached hydrogen (secondary N) is 2. The molecule has 0 saturated carbocycles. The van der Waals surface area contributed by atoms with Crippen molar-refractivity contribution in [1.82, 2.24) is 10.0 Å². The molecule has 0 bridgehead atoms. The molecule has 0 fully saturated rings. The maximum absolute atomic E-state index is 12.1. The lowest BCUT2D eigenvalue weighted by molar-refractivity contribution is 0.573. The Labute approximate surface area is 124 Å². The van der Waals surface area contributed by atoms with Crippen LogP contribution in [0.5, 0.6) is 0 Å². The van der Waals surface area contributed by atoms with E-state index >= 15 is 0 Å². The zero-order chi connectivity index (χ0) is 14.5. The van der Waals surface area contributed by atoms with Gasteiger partial charge in [-0.1, -0.05) is 13.8 Å². The highest BCUT2D eigenvalue weighted by Crippen LogP contribution is 2.22. The van der Waals surface area contributed by atoms with E-state index in [0.717, 1.165) is 10.6 Å². The van der Waals surface area contributed by atoms with Gasteiger partial charge in [-0.15, -0.1) is 11.3 Å². The van der Waals surface area contributed by atoms with Crippen LogP contribution in [0, 0.1) is 0 Å². The van der Waals surface area contributed by atoms with Gasteiger partial charge in [0, 0.05) is 29.3 Å². The largest absolute Gasteiger partial charge is 0.310 e. The first-order valence-electron chi connectivity index (χ1n) is 6.18. The van der Waals surface area contributed by atoms with Crippen molar-refractivity contribution in [1.29, 1.82) is 0 Å². The highest BCUT2D eigenvalue weighted by molar-refractivity contribution is 7.98. The van der Waals surface area contributed by atoms with Gasteiger partial charge in [0.15, 0.2) is 0 Å². The summed E-state index contributed by atoms with van der Waals surface area (Å²) >= 11 is 2.95. The van der Waals surface area contributed by atoms with Crippen LogP contribution in [0.25, 0.3) is 0 Å². The number of hydrogen-bond donors (Lipinski definition) is 2. The molecule has 0 amide bonds. The van der Waals surface area contributed by atoms with Crippen molar-refractivity contribution in [2.24, 2.45) is 0 Å². The molecule has 0 spiro atoms. The Bertz CT molecular complexity index is 483. The Morgan fingerprint density at radius 2 is 2.00 bits per heavy atom. The van der Waals surface area contributed by atoms with E-state index < -0.39 is 10.0 Å². The van der Waals surface area contributed by atoms with Crippen LogP contribution in [0.3, 0.4) is 0 Å². The molecule has 1 atom stereocenters. The Balaban J connectivity index is 2.68. The fourth-order valence-corrected chi connectivity index (χ4v) is 4.76. The summed E-state index contributed by atoms with van der Waals surface area (Å²) in [7, 11) is -3.37. The van der Waals surface area contributed by atoms with Crippen molar-refractivity contribution >= 4 is 33.1 Å². The van der Waals surface area contributed by atoms with Crippen LogP contribution in [0.15, 0.2) is 16.3 Å². The summed E-state index contributed by atoms with van der Waals surface area (Å²) < 4.78 is 27.4. The van der Waals surface area contributed by atoms with E-state index in [1.54, 1.807) is 17.8 Å². The van der Waals surface area contributed by atoms with E-state index in [1.165, 1.54) is 11.3 Å². The smallest absolute Gasteiger partial charge is 0.250 e. The average molecular weight is 323 g/mol. The van der Waals surface area contributed by atoms with E-state index in [1.807, 2.05) is 19.2 Å². The van der Waals surface area contributed by atoms with Gasteiger partial charge < -0.3 is 5.32 Å². The molecule has 0 radical (unpaired) electrons. The molecule has 1 heterocycles. The first kappa shape index (κ1) is 17.0. The van der Waals surface area contributed by atoms with Gasteiger partial charge in [0.25, 0.3) is 0 Å². The van der Waals surface area contributed by atoms with Crippen molar-refractivity contribution in [3.8, 4) is 0 Å². The minimum absolute atomic E-state index is 0.0562. The van der Waals surface area contributed by atoms with Gasteiger partial charge >= 0.3 is 0 Å². The lowest BCUT2D eigenvalue weighted by atomic mass is 10.4. The molecule has 0 aliphatic heterocycles. The number of hydrogen-bond acceptors (Lipinski definition) is 5. The Morgan fingerprint density at radius 3 is 2.58 bits per heavy atom. The summed E-state index contributed by atoms with van der Waals surface area (Å²) in [6.45, 7) is 6.72. The fourth-order valence-electron chi connectivity index (χ4n) is 1.51. The molecule has 0 aliphatic rings. The zero-order valence-electron chi connectivity index (χ0n) is 11.8. The second kappa shape index (κ2) is 7.64. The summed E-state index contributed by atoms with van der Waals surface area (Å²) in [4.78, 5) is 1.03. The maximum Gasteiger partial charge on any atom is 0.250 e. The average Bonchev–Trinajstić information content (AvgIpc) is 2.75. The van der Waals surface area contributed by atoms with Crippen LogP contribution in [0.1, 0.15) is 25.6 Å². The number of rotatable bonds is 8. The number of sulfonamides is 1. The molecular weight excluding hydrogens is 300 g/mol. The maximum atomic E-state index is 12.1. The second-order valence-electron chi connectivity index (χ2n) is 4.73. The minimum Gasteiger partial charge on any atom is -0.310 e. The van der Waals surface area contributed by atoms with Crippen molar-refractivity contribution in [3.63, 3.8) is 0 Å². The zero-order valence-corrected chi connectivity index (χ0v) is 14.2. The van der Waals surface area contributed by atoms with Crippen molar-refractivity contribution < 1.29 is 8.42 Å². The van der Waals surface area contributed by atoms with Crippen molar-refractivity contribution in [2.45, 2.75) is 43.6 Å². The highest BCUT2D eigenvalue weighted by atomic mass is 32.2. The van der Waals surface area contributed by atoms with E-state index in [9.17, 15) is 8.42 Å². The second-order valence-corrected chi connectivity index (χ2v) is 8.75. The fraction of sp³-hybridized carbons (Fsp3) is 0.667.